The Morgan fingerprint density at radius 3 is 2.81 bits per heavy atom. The van der Waals surface area contributed by atoms with Gasteiger partial charge in [0.25, 0.3) is 0 Å². The van der Waals surface area contributed by atoms with E-state index in [-0.39, 0.29) is 24.0 Å². The van der Waals surface area contributed by atoms with E-state index in [9.17, 15) is 0 Å². The van der Waals surface area contributed by atoms with Gasteiger partial charge in [0.05, 0.1) is 29.8 Å². The molecule has 3 rings (SSSR count). The molecule has 0 aromatic carbocycles. The number of nitrogens with one attached hydrogen (secondary N) is 2. The number of nitrogens with zero attached hydrogens (tertiary/aromatic N) is 2. The minimum atomic E-state index is 0. The summed E-state index contributed by atoms with van der Waals surface area (Å²) in [5.41, 5.74) is 0.853. The lowest BCUT2D eigenvalue weighted by Crippen LogP contribution is -2.39. The molecule has 150 valence electrons. The topological polar surface area (TPSA) is 71.7 Å². The van der Waals surface area contributed by atoms with Gasteiger partial charge in [-0.05, 0) is 24.3 Å². The van der Waals surface area contributed by atoms with Gasteiger partial charge in [-0.2, -0.15) is 0 Å². The van der Waals surface area contributed by atoms with E-state index >= 15 is 0 Å². The third-order valence-corrected chi connectivity index (χ3v) is 5.35. The second-order valence-corrected chi connectivity index (χ2v) is 7.41. The normalized spacial score (nSPS) is 15.8. The van der Waals surface area contributed by atoms with Crippen molar-refractivity contribution >= 4 is 41.3 Å². The molecule has 0 spiro atoms. The maximum Gasteiger partial charge on any atom is 0.236 e. The van der Waals surface area contributed by atoms with E-state index < -0.39 is 0 Å². The van der Waals surface area contributed by atoms with Crippen molar-refractivity contribution in [2.75, 3.05) is 20.2 Å². The summed E-state index contributed by atoms with van der Waals surface area (Å²) in [6.45, 7) is 2.02. The van der Waals surface area contributed by atoms with Gasteiger partial charge in [-0.15, -0.1) is 35.3 Å². The summed E-state index contributed by atoms with van der Waals surface area (Å²) in [7, 11) is 1.77. The van der Waals surface area contributed by atoms with Crippen molar-refractivity contribution in [1.29, 1.82) is 0 Å². The van der Waals surface area contributed by atoms with Crippen molar-refractivity contribution in [2.24, 2.45) is 4.99 Å². The van der Waals surface area contributed by atoms with Crippen LogP contribution in [0.1, 0.15) is 44.2 Å². The Kier molecular flexibility index (Phi) is 10.1. The number of rotatable bonds is 7. The van der Waals surface area contributed by atoms with Crippen LogP contribution in [0, 0.1) is 0 Å². The Hall–Kier alpha value is -1.13. The summed E-state index contributed by atoms with van der Waals surface area (Å²) in [6.07, 6.45) is 9.82. The number of thiophene rings is 1. The highest BCUT2D eigenvalue weighted by atomic mass is 127. The Balaban J connectivity index is 0.00000261. The van der Waals surface area contributed by atoms with Crippen molar-refractivity contribution in [2.45, 2.75) is 51.2 Å². The van der Waals surface area contributed by atoms with Gasteiger partial charge in [0.15, 0.2) is 5.96 Å². The zero-order chi connectivity index (χ0) is 18.0. The lowest BCUT2D eigenvalue weighted by molar-refractivity contribution is 0.0468. The van der Waals surface area contributed by atoms with Gasteiger partial charge in [-0.3, -0.25) is 4.99 Å². The summed E-state index contributed by atoms with van der Waals surface area (Å²) in [5.74, 6) is 1.41. The van der Waals surface area contributed by atoms with Crippen LogP contribution in [0.5, 0.6) is 0 Å². The summed E-state index contributed by atoms with van der Waals surface area (Å²) in [4.78, 5) is 9.78. The predicted molar refractivity (Wildman–Crippen MR) is 121 cm³/mol. The molecule has 2 aromatic heterocycles. The van der Waals surface area contributed by atoms with Crippen molar-refractivity contribution in [3.05, 3.63) is 29.5 Å². The van der Waals surface area contributed by atoms with Crippen LogP contribution in [0.4, 0.5) is 0 Å². The Morgan fingerprint density at radius 2 is 2.11 bits per heavy atom. The molecule has 6 nitrogen and oxygen atoms in total. The molecule has 8 heteroatoms. The SMILES string of the molecule is CN=C(NCCOC1CCCCCC1)NCc1coc(-c2cccs2)n1.I. The lowest BCUT2D eigenvalue weighted by Gasteiger charge is -2.16. The van der Waals surface area contributed by atoms with Crippen LogP contribution < -0.4 is 10.6 Å². The monoisotopic (exact) mass is 504 g/mol. The Morgan fingerprint density at radius 1 is 1.30 bits per heavy atom. The number of aromatic nitrogens is 1. The highest BCUT2D eigenvalue weighted by molar-refractivity contribution is 14.0. The summed E-state index contributed by atoms with van der Waals surface area (Å²) < 4.78 is 11.5. The first kappa shape index (κ1) is 22.2. The number of ether oxygens (including phenoxy) is 1. The maximum atomic E-state index is 5.99. The van der Waals surface area contributed by atoms with Crippen LogP contribution in [0.15, 0.2) is 33.2 Å². The number of hydrogen-bond acceptors (Lipinski definition) is 5. The zero-order valence-electron chi connectivity index (χ0n) is 15.8. The van der Waals surface area contributed by atoms with E-state index in [2.05, 4.69) is 20.6 Å². The summed E-state index contributed by atoms with van der Waals surface area (Å²) >= 11 is 1.62. The largest absolute Gasteiger partial charge is 0.443 e. The fraction of sp³-hybridized carbons (Fsp3) is 0.579. The molecule has 1 aliphatic carbocycles. The van der Waals surface area contributed by atoms with Crippen molar-refractivity contribution in [1.82, 2.24) is 15.6 Å². The highest BCUT2D eigenvalue weighted by Gasteiger charge is 2.12. The minimum absolute atomic E-state index is 0. The number of halogens is 1. The van der Waals surface area contributed by atoms with Crippen LogP contribution in [0.2, 0.25) is 0 Å². The third kappa shape index (κ3) is 7.42. The van der Waals surface area contributed by atoms with E-state index in [0.717, 1.165) is 23.1 Å². The van der Waals surface area contributed by atoms with Crippen LogP contribution in [-0.4, -0.2) is 37.2 Å². The first-order valence-electron chi connectivity index (χ1n) is 9.39. The van der Waals surface area contributed by atoms with Gasteiger partial charge in [-0.1, -0.05) is 31.7 Å². The standard InChI is InChI=1S/C19H28N4O2S.HI/c1-20-19(21-10-11-24-16-7-4-2-3-5-8-16)22-13-15-14-25-18(23-15)17-9-6-12-26-17;/h6,9,12,14,16H,2-5,7-8,10-11,13H2,1H3,(H2,20,21,22);1H. The second kappa shape index (κ2) is 12.4. The van der Waals surface area contributed by atoms with Crippen molar-refractivity contribution in [3.63, 3.8) is 0 Å². The molecule has 0 unspecified atom stereocenters. The van der Waals surface area contributed by atoms with Crippen molar-refractivity contribution in [3.8, 4) is 10.8 Å². The van der Waals surface area contributed by atoms with Gasteiger partial charge < -0.3 is 19.8 Å². The molecule has 0 radical (unpaired) electrons. The first-order valence-corrected chi connectivity index (χ1v) is 10.3. The van der Waals surface area contributed by atoms with Crippen LogP contribution in [0.25, 0.3) is 10.8 Å². The molecule has 0 atom stereocenters. The first-order chi connectivity index (χ1) is 12.8. The fourth-order valence-electron chi connectivity index (χ4n) is 3.10. The van der Waals surface area contributed by atoms with Gasteiger partial charge in [0.2, 0.25) is 5.89 Å². The fourth-order valence-corrected chi connectivity index (χ4v) is 3.76. The molecule has 1 fully saturated rings. The van der Waals surface area contributed by atoms with E-state index in [4.69, 9.17) is 9.15 Å². The highest BCUT2D eigenvalue weighted by Crippen LogP contribution is 2.23. The van der Waals surface area contributed by atoms with E-state index in [1.807, 2.05) is 17.5 Å². The van der Waals surface area contributed by atoms with Crippen molar-refractivity contribution < 1.29 is 9.15 Å². The lowest BCUT2D eigenvalue weighted by atomic mass is 10.1. The quantitative estimate of drug-likeness (QED) is 0.192. The van der Waals surface area contributed by atoms with Crippen LogP contribution >= 0.6 is 35.3 Å². The Labute approximate surface area is 182 Å². The molecule has 1 aliphatic rings. The summed E-state index contributed by atoms with van der Waals surface area (Å²) in [5, 5.41) is 8.56. The maximum absolute atomic E-state index is 5.99. The molecule has 2 N–H and O–H groups in total. The predicted octanol–water partition coefficient (Wildman–Crippen LogP) is 4.43. The molecule has 27 heavy (non-hydrogen) atoms. The average Bonchev–Trinajstić information content (AvgIpc) is 3.29. The van der Waals surface area contributed by atoms with Gasteiger partial charge in [0, 0.05) is 13.6 Å². The van der Waals surface area contributed by atoms with E-state index in [1.54, 1.807) is 24.6 Å². The molecule has 0 amide bonds. The summed E-state index contributed by atoms with van der Waals surface area (Å²) in [6, 6.07) is 3.99. The molecular formula is C19H29IN4O2S. The minimum Gasteiger partial charge on any atom is -0.443 e. The number of hydrogen-bond donors (Lipinski definition) is 2. The Bertz CT molecular complexity index is 667. The number of guanidine groups is 1. The molecule has 2 heterocycles. The zero-order valence-corrected chi connectivity index (χ0v) is 18.9. The van der Waals surface area contributed by atoms with Gasteiger partial charge in [0.1, 0.15) is 6.26 Å². The molecule has 0 aliphatic heterocycles. The van der Waals surface area contributed by atoms with Gasteiger partial charge >= 0.3 is 0 Å². The molecular weight excluding hydrogens is 475 g/mol. The molecule has 0 bridgehead atoms. The smallest absolute Gasteiger partial charge is 0.236 e. The van der Waals surface area contributed by atoms with Gasteiger partial charge in [-0.25, -0.2) is 4.98 Å². The molecule has 0 saturated heterocycles. The molecule has 2 aromatic rings. The van der Waals surface area contributed by atoms with E-state index in [1.165, 1.54) is 38.5 Å². The third-order valence-electron chi connectivity index (χ3n) is 4.49. The van der Waals surface area contributed by atoms with Crippen LogP contribution in [-0.2, 0) is 11.3 Å². The average molecular weight is 504 g/mol. The number of aliphatic imine (C=N–C) groups is 1. The van der Waals surface area contributed by atoms with E-state index in [0.29, 0.717) is 25.1 Å². The molecule has 1 saturated carbocycles. The number of oxazole rings is 1. The second-order valence-electron chi connectivity index (χ2n) is 6.46. The van der Waals surface area contributed by atoms with Crippen LogP contribution in [0.3, 0.4) is 0 Å².